The number of nitrogens with zero attached hydrogens (tertiary/aromatic N) is 3. The zero-order valence-corrected chi connectivity index (χ0v) is 19.6. The van der Waals surface area contributed by atoms with Gasteiger partial charge in [0.05, 0.1) is 59.1 Å². The highest BCUT2D eigenvalue weighted by atomic mass is 32.1. The molecule has 6 radical (unpaired) electrons. The van der Waals surface area contributed by atoms with E-state index in [1.807, 2.05) is 6.07 Å². The Kier molecular flexibility index (Phi) is 7.13. The minimum atomic E-state index is -1.98. The van der Waals surface area contributed by atoms with Crippen molar-refractivity contribution in [3.8, 4) is 16.3 Å². The van der Waals surface area contributed by atoms with Gasteiger partial charge < -0.3 is 25.8 Å². The number of rotatable bonds is 9. The Balaban J connectivity index is 1.72. The summed E-state index contributed by atoms with van der Waals surface area (Å²) in [6.07, 6.45) is 3.21. The zero-order valence-electron chi connectivity index (χ0n) is 18.7. The molecule has 1 fully saturated rings. The summed E-state index contributed by atoms with van der Waals surface area (Å²) in [5.74, 6) is -0.417. The van der Waals surface area contributed by atoms with E-state index in [1.54, 1.807) is 18.3 Å². The molecule has 1 aromatic carbocycles. The average molecular weight is 484 g/mol. The number of amides is 2. The van der Waals surface area contributed by atoms with E-state index in [0.29, 0.717) is 26.9 Å². The molecule has 35 heavy (non-hydrogen) atoms. The Morgan fingerprint density at radius 3 is 2.63 bits per heavy atom. The summed E-state index contributed by atoms with van der Waals surface area (Å²) >= 11 is 1.32. The number of carbonyl (C=O) groups excluding carboxylic acids is 2. The minimum Gasteiger partial charge on any atom is -0.494 e. The Morgan fingerprint density at radius 1 is 1.23 bits per heavy atom. The summed E-state index contributed by atoms with van der Waals surface area (Å²) in [6, 6.07) is 6.78. The van der Waals surface area contributed by atoms with Crippen LogP contribution in [0.5, 0.6) is 5.75 Å². The van der Waals surface area contributed by atoms with Gasteiger partial charge in [-0.15, -0.1) is 21.5 Å². The van der Waals surface area contributed by atoms with Crippen molar-refractivity contribution in [2.45, 2.75) is 24.7 Å². The maximum atomic E-state index is 12.8. The maximum absolute atomic E-state index is 12.8. The lowest BCUT2D eigenvalue weighted by atomic mass is 9.49. The molecular formula is C21H19B3N6O4S. The monoisotopic (exact) mass is 484 g/mol. The standard InChI is InChI=1S/C21H19B3N6O4S/c1-34-17-12(20-25-8-11(9-31)35-20)3-2-4-13(17)26-14-7-15(27-18(32)10-5-6-10)29-30-16(14)19(33)28-21(22,23)24/h2-4,7-8,10,31H,5-6,9H2,1H3,(H,28,33)(H2,26,27,29,32). The van der Waals surface area contributed by atoms with Gasteiger partial charge in [0.15, 0.2) is 17.3 Å². The van der Waals surface area contributed by atoms with Gasteiger partial charge in [-0.05, 0) is 25.0 Å². The summed E-state index contributed by atoms with van der Waals surface area (Å²) < 4.78 is 5.64. The Morgan fingerprint density at radius 2 is 2.00 bits per heavy atom. The van der Waals surface area contributed by atoms with Crippen LogP contribution in [0.2, 0.25) is 0 Å². The maximum Gasteiger partial charge on any atom is 0.272 e. The molecule has 0 bridgehead atoms. The summed E-state index contributed by atoms with van der Waals surface area (Å²) in [5, 5.41) is 24.0. The van der Waals surface area contributed by atoms with Gasteiger partial charge in [0.25, 0.3) is 5.91 Å². The van der Waals surface area contributed by atoms with Gasteiger partial charge in [-0.2, -0.15) is 0 Å². The van der Waals surface area contributed by atoms with Crippen LogP contribution in [0, 0.1) is 5.92 Å². The van der Waals surface area contributed by atoms with E-state index in [0.717, 1.165) is 12.8 Å². The largest absolute Gasteiger partial charge is 0.494 e. The molecule has 1 aliphatic rings. The summed E-state index contributed by atoms with van der Waals surface area (Å²) in [6.45, 7) is -0.126. The van der Waals surface area contributed by atoms with Crippen molar-refractivity contribution in [2.24, 2.45) is 5.92 Å². The molecule has 2 heterocycles. The van der Waals surface area contributed by atoms with Gasteiger partial charge in [0.2, 0.25) is 5.91 Å². The SMILES string of the molecule is [B]C([B])([B])NC(=O)c1nnc(NC(=O)C2CC2)cc1Nc1cccc(-c2ncc(CO)s2)c1OC. The van der Waals surface area contributed by atoms with Gasteiger partial charge in [0.1, 0.15) is 5.01 Å². The first-order valence-electron chi connectivity index (χ1n) is 10.6. The fraction of sp³-hybridized carbons (Fsp3) is 0.286. The molecule has 0 aliphatic heterocycles. The Labute approximate surface area is 209 Å². The van der Waals surface area contributed by atoms with Crippen molar-refractivity contribution >= 4 is 63.9 Å². The second kappa shape index (κ2) is 10.1. The van der Waals surface area contributed by atoms with Crippen LogP contribution >= 0.6 is 11.3 Å². The third-order valence-corrected chi connectivity index (χ3v) is 5.98. The topological polar surface area (TPSA) is 138 Å². The van der Waals surface area contributed by atoms with E-state index in [1.165, 1.54) is 24.5 Å². The number of benzene rings is 1. The molecule has 0 spiro atoms. The van der Waals surface area contributed by atoms with Crippen molar-refractivity contribution in [3.63, 3.8) is 0 Å². The van der Waals surface area contributed by atoms with Gasteiger partial charge in [-0.1, -0.05) is 11.3 Å². The van der Waals surface area contributed by atoms with Crippen LogP contribution in [-0.2, 0) is 11.4 Å². The first kappa shape index (κ1) is 24.7. The van der Waals surface area contributed by atoms with Crippen LogP contribution in [0.1, 0.15) is 28.2 Å². The van der Waals surface area contributed by atoms with Crippen molar-refractivity contribution in [1.82, 2.24) is 20.5 Å². The molecule has 14 heteroatoms. The number of aliphatic hydroxyl groups excluding tert-OH is 1. The lowest BCUT2D eigenvalue weighted by molar-refractivity contribution is -0.117. The molecular weight excluding hydrogens is 465 g/mol. The predicted molar refractivity (Wildman–Crippen MR) is 134 cm³/mol. The number of hydrogen-bond donors (Lipinski definition) is 4. The highest BCUT2D eigenvalue weighted by molar-refractivity contribution is 7.15. The highest BCUT2D eigenvalue weighted by Gasteiger charge is 2.30. The van der Waals surface area contributed by atoms with E-state index in [9.17, 15) is 14.7 Å². The summed E-state index contributed by atoms with van der Waals surface area (Å²) in [5.41, 5.74) is 1.18. The van der Waals surface area contributed by atoms with Gasteiger partial charge in [-0.3, -0.25) is 9.59 Å². The number of methoxy groups -OCH3 is 1. The van der Waals surface area contributed by atoms with Crippen molar-refractivity contribution in [3.05, 3.63) is 41.0 Å². The molecule has 172 valence electrons. The number of nitrogens with one attached hydrogen (secondary N) is 3. The number of thiazole rings is 1. The van der Waals surface area contributed by atoms with E-state index < -0.39 is 11.1 Å². The molecule has 2 amide bonds. The van der Waals surface area contributed by atoms with Crippen molar-refractivity contribution < 1.29 is 19.4 Å². The number of aromatic nitrogens is 3. The van der Waals surface area contributed by atoms with Crippen LogP contribution < -0.4 is 20.7 Å². The molecule has 0 unspecified atom stereocenters. The average Bonchev–Trinajstić information content (AvgIpc) is 3.55. The smallest absolute Gasteiger partial charge is 0.272 e. The fourth-order valence-corrected chi connectivity index (χ4v) is 4.01. The van der Waals surface area contributed by atoms with Gasteiger partial charge >= 0.3 is 0 Å². The second-order valence-electron chi connectivity index (χ2n) is 7.94. The second-order valence-corrected chi connectivity index (χ2v) is 9.06. The van der Waals surface area contributed by atoms with Crippen LogP contribution in [0.15, 0.2) is 30.5 Å². The Hall–Kier alpha value is -3.38. The lowest BCUT2D eigenvalue weighted by Gasteiger charge is -2.23. The number of hydrogen-bond acceptors (Lipinski definition) is 9. The number of carbonyl (C=O) groups is 2. The molecule has 3 aromatic rings. The van der Waals surface area contributed by atoms with Crippen LogP contribution in [-0.4, -0.2) is 68.0 Å². The fourth-order valence-electron chi connectivity index (χ4n) is 3.22. The molecule has 4 N–H and O–H groups in total. The molecule has 0 atom stereocenters. The third-order valence-electron chi connectivity index (χ3n) is 4.97. The van der Waals surface area contributed by atoms with Crippen molar-refractivity contribution in [1.29, 1.82) is 0 Å². The number of aliphatic hydroxyl groups is 1. The van der Waals surface area contributed by atoms with Gasteiger partial charge in [0, 0.05) is 18.2 Å². The van der Waals surface area contributed by atoms with E-state index in [2.05, 4.69) is 31.1 Å². The number of ether oxygens (including phenoxy) is 1. The van der Waals surface area contributed by atoms with E-state index >= 15 is 0 Å². The Bertz CT molecular complexity index is 1260. The van der Waals surface area contributed by atoms with Gasteiger partial charge in [-0.25, -0.2) is 4.98 Å². The number of para-hydroxylation sites is 1. The van der Waals surface area contributed by atoms with Crippen LogP contribution in [0.3, 0.4) is 0 Å². The lowest BCUT2D eigenvalue weighted by Crippen LogP contribution is -2.50. The van der Waals surface area contributed by atoms with Crippen LogP contribution in [0.4, 0.5) is 17.2 Å². The zero-order chi connectivity index (χ0) is 25.2. The molecule has 4 rings (SSSR count). The third kappa shape index (κ3) is 6.01. The predicted octanol–water partition coefficient (Wildman–Crippen LogP) is 1.04. The molecule has 10 nitrogen and oxygen atoms in total. The van der Waals surface area contributed by atoms with Crippen LogP contribution in [0.25, 0.3) is 10.6 Å². The normalized spacial score (nSPS) is 13.2. The van der Waals surface area contributed by atoms with Crippen molar-refractivity contribution in [2.75, 3.05) is 17.7 Å². The van der Waals surface area contributed by atoms with E-state index in [4.69, 9.17) is 28.3 Å². The molecule has 1 aliphatic carbocycles. The highest BCUT2D eigenvalue weighted by Crippen LogP contribution is 2.40. The molecule has 0 saturated heterocycles. The van der Waals surface area contributed by atoms with E-state index in [-0.39, 0.29) is 35.6 Å². The summed E-state index contributed by atoms with van der Waals surface area (Å²) in [7, 11) is 18.0. The first-order valence-corrected chi connectivity index (χ1v) is 11.4. The first-order chi connectivity index (χ1) is 16.7. The minimum absolute atomic E-state index is 0.0533. The number of anilines is 3. The quantitative estimate of drug-likeness (QED) is 0.331. The molecule has 1 saturated carbocycles. The summed E-state index contributed by atoms with van der Waals surface area (Å²) in [4.78, 5) is 30.0. The molecule has 2 aromatic heterocycles.